The lowest BCUT2D eigenvalue weighted by Gasteiger charge is -2.14. The number of anilines is 1. The number of nitrogens with zero attached hydrogens (tertiary/aromatic N) is 1. The second-order valence-electron chi connectivity index (χ2n) is 6.94. The summed E-state index contributed by atoms with van der Waals surface area (Å²) in [6.07, 6.45) is 1.73. The molecule has 0 aliphatic heterocycles. The van der Waals surface area contributed by atoms with Crippen molar-refractivity contribution in [1.82, 2.24) is 5.32 Å². The molecule has 0 radical (unpaired) electrons. The minimum atomic E-state index is -3.11. The smallest absolute Gasteiger partial charge is 0.195 e. The highest BCUT2D eigenvalue weighted by molar-refractivity contribution is 14.0. The van der Waals surface area contributed by atoms with Crippen molar-refractivity contribution in [2.75, 3.05) is 30.4 Å². The molecule has 0 aliphatic rings. The number of hydrogen-bond donors (Lipinski definition) is 2. The molecule has 0 fully saturated rings. The normalized spacial score (nSPS) is 11.7. The predicted molar refractivity (Wildman–Crippen MR) is 131 cm³/mol. The Hall–Kier alpha value is -1.88. The van der Waals surface area contributed by atoms with Gasteiger partial charge in [-0.25, -0.2) is 12.8 Å². The minimum Gasteiger partial charge on any atom is -0.491 e. The predicted octanol–water partition coefficient (Wildman–Crippen LogP) is 3.88. The van der Waals surface area contributed by atoms with Gasteiger partial charge in [-0.2, -0.15) is 0 Å². The highest BCUT2D eigenvalue weighted by Crippen LogP contribution is 2.17. The van der Waals surface area contributed by atoms with Crippen LogP contribution >= 0.6 is 24.0 Å². The molecular weight excluding hydrogens is 520 g/mol. The molecule has 0 heterocycles. The number of benzene rings is 2. The van der Waals surface area contributed by atoms with E-state index in [-0.39, 0.29) is 48.2 Å². The van der Waals surface area contributed by atoms with Crippen LogP contribution in [0.4, 0.5) is 10.1 Å². The van der Waals surface area contributed by atoms with E-state index in [1.807, 2.05) is 38.1 Å². The van der Waals surface area contributed by atoms with E-state index in [2.05, 4.69) is 15.6 Å². The first-order valence-corrected chi connectivity index (χ1v) is 11.5. The Morgan fingerprint density at radius 3 is 2.40 bits per heavy atom. The minimum absolute atomic E-state index is 0. The number of halogens is 2. The molecule has 0 aromatic heterocycles. The third kappa shape index (κ3) is 10.2. The van der Waals surface area contributed by atoms with Gasteiger partial charge in [-0.3, -0.25) is 4.99 Å². The third-order valence-electron chi connectivity index (χ3n) is 3.87. The standard InChI is InChI=1S/C21H28FN3O3S.HI/c1-16(2)28-19-10-8-18(9-11-19)25-21(24-14-15-29(3,26)27)23-13-12-17-6-4-5-7-20(17)22;/h4-11,16H,12-15H2,1-3H3,(H2,23,24,25);1H. The first-order chi connectivity index (χ1) is 13.7. The summed E-state index contributed by atoms with van der Waals surface area (Å²) in [5.41, 5.74) is 1.38. The van der Waals surface area contributed by atoms with Crippen molar-refractivity contribution in [3.8, 4) is 5.75 Å². The summed E-state index contributed by atoms with van der Waals surface area (Å²) in [6.45, 7) is 4.49. The maximum atomic E-state index is 13.8. The number of sulfone groups is 1. The quantitative estimate of drug-likeness (QED) is 0.282. The number of nitrogens with one attached hydrogen (secondary N) is 2. The van der Waals surface area contributed by atoms with Crippen LogP contribution in [0, 0.1) is 5.82 Å². The van der Waals surface area contributed by atoms with Crippen LogP contribution in [0.15, 0.2) is 53.5 Å². The van der Waals surface area contributed by atoms with Gasteiger partial charge in [0.25, 0.3) is 0 Å². The van der Waals surface area contributed by atoms with E-state index >= 15 is 0 Å². The Bertz CT molecular complexity index is 919. The lowest BCUT2D eigenvalue weighted by Crippen LogP contribution is -2.33. The molecule has 2 N–H and O–H groups in total. The first kappa shape index (κ1) is 26.2. The van der Waals surface area contributed by atoms with Crippen LogP contribution in [0.1, 0.15) is 19.4 Å². The molecule has 2 aromatic carbocycles. The molecular formula is C21H29FIN3O3S. The van der Waals surface area contributed by atoms with Gasteiger partial charge in [-0.1, -0.05) is 18.2 Å². The topological polar surface area (TPSA) is 79.8 Å². The van der Waals surface area contributed by atoms with E-state index in [4.69, 9.17) is 4.74 Å². The van der Waals surface area contributed by atoms with Crippen molar-refractivity contribution in [3.63, 3.8) is 0 Å². The van der Waals surface area contributed by atoms with Gasteiger partial charge in [0.2, 0.25) is 0 Å². The first-order valence-electron chi connectivity index (χ1n) is 9.46. The summed E-state index contributed by atoms with van der Waals surface area (Å²) in [5, 5.41) is 6.26. The lowest BCUT2D eigenvalue weighted by atomic mass is 10.1. The maximum absolute atomic E-state index is 13.8. The Balaban J connectivity index is 0.00000450. The molecule has 6 nitrogen and oxygen atoms in total. The van der Waals surface area contributed by atoms with Crippen molar-refractivity contribution >= 4 is 45.5 Å². The van der Waals surface area contributed by atoms with E-state index in [0.29, 0.717) is 24.5 Å². The number of ether oxygens (including phenoxy) is 1. The molecule has 9 heteroatoms. The van der Waals surface area contributed by atoms with Crippen molar-refractivity contribution < 1.29 is 17.5 Å². The molecule has 0 saturated heterocycles. The van der Waals surface area contributed by atoms with Gasteiger partial charge in [-0.15, -0.1) is 24.0 Å². The SMILES string of the molecule is CC(C)Oc1ccc(NC(=NCCS(C)(=O)=O)NCCc2ccccc2F)cc1.I. The average Bonchev–Trinajstić information content (AvgIpc) is 2.63. The summed E-state index contributed by atoms with van der Waals surface area (Å²) >= 11 is 0. The Morgan fingerprint density at radius 2 is 1.80 bits per heavy atom. The molecule has 166 valence electrons. The van der Waals surface area contributed by atoms with Crippen LogP contribution in [-0.2, 0) is 16.3 Å². The van der Waals surface area contributed by atoms with E-state index < -0.39 is 9.84 Å². The summed E-state index contributed by atoms with van der Waals surface area (Å²) in [5.74, 6) is 0.892. The van der Waals surface area contributed by atoms with Crippen molar-refractivity contribution in [2.45, 2.75) is 26.4 Å². The fraction of sp³-hybridized carbons (Fsp3) is 0.381. The van der Waals surface area contributed by atoms with Gasteiger partial charge in [0.05, 0.1) is 18.4 Å². The molecule has 2 rings (SSSR count). The van der Waals surface area contributed by atoms with Gasteiger partial charge >= 0.3 is 0 Å². The largest absolute Gasteiger partial charge is 0.491 e. The Morgan fingerprint density at radius 1 is 1.13 bits per heavy atom. The molecule has 2 aromatic rings. The summed E-state index contributed by atoms with van der Waals surface area (Å²) in [6, 6.07) is 14.0. The van der Waals surface area contributed by atoms with Gasteiger partial charge in [-0.05, 0) is 56.2 Å². The Kier molecular flexibility index (Phi) is 11.1. The van der Waals surface area contributed by atoms with Gasteiger partial charge in [0.15, 0.2) is 5.96 Å². The number of rotatable bonds is 9. The zero-order chi connectivity index (χ0) is 21.3. The van der Waals surface area contributed by atoms with Gasteiger partial charge in [0, 0.05) is 18.5 Å². The fourth-order valence-electron chi connectivity index (χ4n) is 2.51. The molecule has 0 unspecified atom stereocenters. The monoisotopic (exact) mass is 549 g/mol. The summed E-state index contributed by atoms with van der Waals surface area (Å²) in [4.78, 5) is 4.32. The van der Waals surface area contributed by atoms with E-state index in [1.165, 1.54) is 12.3 Å². The van der Waals surface area contributed by atoms with E-state index in [0.717, 1.165) is 11.4 Å². The second kappa shape index (κ2) is 12.7. The average molecular weight is 549 g/mol. The highest BCUT2D eigenvalue weighted by Gasteiger charge is 2.06. The van der Waals surface area contributed by atoms with E-state index in [1.54, 1.807) is 18.2 Å². The fourth-order valence-corrected chi connectivity index (χ4v) is 2.93. The van der Waals surface area contributed by atoms with Gasteiger partial charge in [0.1, 0.15) is 21.4 Å². The zero-order valence-corrected chi connectivity index (χ0v) is 20.5. The van der Waals surface area contributed by atoms with Crippen LogP contribution in [0.5, 0.6) is 5.75 Å². The molecule has 0 amide bonds. The van der Waals surface area contributed by atoms with Crippen LogP contribution in [0.2, 0.25) is 0 Å². The number of guanidine groups is 1. The number of hydrogen-bond acceptors (Lipinski definition) is 4. The molecule has 30 heavy (non-hydrogen) atoms. The summed E-state index contributed by atoms with van der Waals surface area (Å²) in [7, 11) is -3.11. The Labute approximate surface area is 195 Å². The molecule has 0 saturated carbocycles. The zero-order valence-electron chi connectivity index (χ0n) is 17.4. The maximum Gasteiger partial charge on any atom is 0.195 e. The number of aliphatic imine (C=N–C) groups is 1. The summed E-state index contributed by atoms with van der Waals surface area (Å²) < 4.78 is 42.1. The van der Waals surface area contributed by atoms with Crippen LogP contribution in [-0.4, -0.2) is 45.6 Å². The van der Waals surface area contributed by atoms with Crippen molar-refractivity contribution in [1.29, 1.82) is 0 Å². The van der Waals surface area contributed by atoms with Crippen molar-refractivity contribution in [2.24, 2.45) is 4.99 Å². The highest BCUT2D eigenvalue weighted by atomic mass is 127. The molecule has 0 bridgehead atoms. The third-order valence-corrected chi connectivity index (χ3v) is 4.79. The molecule has 0 aliphatic carbocycles. The molecule has 0 spiro atoms. The molecule has 0 atom stereocenters. The van der Waals surface area contributed by atoms with Crippen LogP contribution in [0.3, 0.4) is 0 Å². The van der Waals surface area contributed by atoms with E-state index in [9.17, 15) is 12.8 Å². The van der Waals surface area contributed by atoms with Crippen LogP contribution in [0.25, 0.3) is 0 Å². The van der Waals surface area contributed by atoms with Gasteiger partial charge < -0.3 is 15.4 Å². The van der Waals surface area contributed by atoms with Crippen molar-refractivity contribution in [3.05, 3.63) is 59.9 Å². The second-order valence-corrected chi connectivity index (χ2v) is 9.20. The van der Waals surface area contributed by atoms with Crippen LogP contribution < -0.4 is 15.4 Å². The lowest BCUT2D eigenvalue weighted by molar-refractivity contribution is 0.242.